The van der Waals surface area contributed by atoms with Gasteiger partial charge in [-0.05, 0) is 37.5 Å². The van der Waals surface area contributed by atoms with Crippen molar-refractivity contribution in [2.75, 3.05) is 13.2 Å². The fourth-order valence-corrected chi connectivity index (χ4v) is 2.78. The second-order valence-electron chi connectivity index (χ2n) is 6.28. The highest BCUT2D eigenvalue weighted by atomic mass is 16.5. The van der Waals surface area contributed by atoms with Gasteiger partial charge in [-0.3, -0.25) is 14.4 Å². The van der Waals surface area contributed by atoms with Crippen molar-refractivity contribution in [3.8, 4) is 5.75 Å². The van der Waals surface area contributed by atoms with Crippen LogP contribution in [0, 0.1) is 5.41 Å². The lowest BCUT2D eigenvalue weighted by molar-refractivity contribution is -0.157. The number of benzene rings is 1. The summed E-state index contributed by atoms with van der Waals surface area (Å²) in [7, 11) is 0. The van der Waals surface area contributed by atoms with Crippen LogP contribution in [0.2, 0.25) is 0 Å². The molecule has 136 valence electrons. The van der Waals surface area contributed by atoms with E-state index in [1.807, 2.05) is 13.0 Å². The lowest BCUT2D eigenvalue weighted by atomic mass is 9.66. The van der Waals surface area contributed by atoms with Gasteiger partial charge in [0.25, 0.3) is 5.91 Å². The number of carboxylic acid groups (broad SMARTS) is 1. The van der Waals surface area contributed by atoms with Crippen molar-refractivity contribution in [1.29, 1.82) is 0 Å². The number of ether oxygens (including phenoxy) is 1. The molecule has 1 aromatic rings. The summed E-state index contributed by atoms with van der Waals surface area (Å²) < 4.78 is 5.40. The number of likely N-dealkylation sites (N-methyl/N-ethyl adjacent to an activating group) is 1. The molecule has 2 rings (SSSR count). The number of rotatable bonds is 9. The molecule has 0 saturated heterocycles. The van der Waals surface area contributed by atoms with Crippen LogP contribution in [0.25, 0.3) is 0 Å². The van der Waals surface area contributed by atoms with Gasteiger partial charge in [-0.1, -0.05) is 18.6 Å². The average Bonchev–Trinajstić information content (AvgIpc) is 2.55. The number of aliphatic carboxylic acids is 1. The van der Waals surface area contributed by atoms with Crippen LogP contribution in [-0.4, -0.2) is 36.0 Å². The third kappa shape index (κ3) is 5.20. The Bertz CT molecular complexity index is 640. The minimum atomic E-state index is -0.894. The van der Waals surface area contributed by atoms with E-state index in [0.717, 1.165) is 12.0 Å². The topological polar surface area (TPSA) is 105 Å². The molecule has 3 N–H and O–H groups in total. The van der Waals surface area contributed by atoms with E-state index in [-0.39, 0.29) is 31.4 Å². The summed E-state index contributed by atoms with van der Waals surface area (Å²) in [6.45, 7) is 2.60. The van der Waals surface area contributed by atoms with Gasteiger partial charge in [0.05, 0.1) is 5.41 Å². The minimum Gasteiger partial charge on any atom is -0.484 e. The molecule has 7 heteroatoms. The molecule has 2 amide bonds. The maximum atomic E-state index is 12.0. The Kier molecular flexibility index (Phi) is 6.38. The van der Waals surface area contributed by atoms with Gasteiger partial charge in [-0.15, -0.1) is 0 Å². The lowest BCUT2D eigenvalue weighted by Gasteiger charge is -2.36. The quantitative estimate of drug-likeness (QED) is 0.627. The summed E-state index contributed by atoms with van der Waals surface area (Å²) in [6, 6.07) is 7.09. The Balaban J connectivity index is 1.82. The molecule has 1 fully saturated rings. The lowest BCUT2D eigenvalue weighted by Crippen LogP contribution is -2.42. The molecule has 0 radical (unpaired) electrons. The second-order valence-corrected chi connectivity index (χ2v) is 6.28. The van der Waals surface area contributed by atoms with Crippen LogP contribution in [0.4, 0.5) is 0 Å². The van der Waals surface area contributed by atoms with Crippen molar-refractivity contribution in [3.05, 3.63) is 29.8 Å². The van der Waals surface area contributed by atoms with Gasteiger partial charge in [0.2, 0.25) is 5.91 Å². The number of nitrogens with one attached hydrogen (secondary N) is 2. The predicted octanol–water partition coefficient (Wildman–Crippen LogP) is 1.46. The first-order valence-corrected chi connectivity index (χ1v) is 8.44. The molecule has 0 heterocycles. The molecule has 0 aromatic heterocycles. The van der Waals surface area contributed by atoms with Gasteiger partial charge in [-0.2, -0.15) is 0 Å². The van der Waals surface area contributed by atoms with Crippen molar-refractivity contribution in [1.82, 2.24) is 10.6 Å². The molecule has 0 bridgehead atoms. The van der Waals surface area contributed by atoms with Crippen LogP contribution in [0.3, 0.4) is 0 Å². The van der Waals surface area contributed by atoms with Crippen LogP contribution in [0.1, 0.15) is 38.2 Å². The van der Waals surface area contributed by atoms with Gasteiger partial charge in [0.1, 0.15) is 5.75 Å². The van der Waals surface area contributed by atoms with Gasteiger partial charge < -0.3 is 20.5 Å². The fraction of sp³-hybridized carbons (Fsp3) is 0.500. The first kappa shape index (κ1) is 18.8. The van der Waals surface area contributed by atoms with Crippen LogP contribution < -0.4 is 15.4 Å². The van der Waals surface area contributed by atoms with Gasteiger partial charge in [-0.25, -0.2) is 0 Å². The summed E-state index contributed by atoms with van der Waals surface area (Å²) in [6.07, 6.45) is 1.97. The molecule has 0 atom stereocenters. The monoisotopic (exact) mass is 348 g/mol. The Morgan fingerprint density at radius 2 is 1.96 bits per heavy atom. The summed E-state index contributed by atoms with van der Waals surface area (Å²) in [5.74, 6) is -0.815. The fourth-order valence-electron chi connectivity index (χ4n) is 2.78. The summed E-state index contributed by atoms with van der Waals surface area (Å²) >= 11 is 0. The Morgan fingerprint density at radius 1 is 1.20 bits per heavy atom. The highest BCUT2D eigenvalue weighted by molar-refractivity contribution is 5.85. The van der Waals surface area contributed by atoms with E-state index in [0.29, 0.717) is 25.1 Å². The predicted molar refractivity (Wildman–Crippen MR) is 91.0 cm³/mol. The molecule has 0 aliphatic heterocycles. The molecule has 0 unspecified atom stereocenters. The number of carbonyl (C=O) groups excluding carboxylic acids is 2. The van der Waals surface area contributed by atoms with E-state index in [1.165, 1.54) is 0 Å². The highest BCUT2D eigenvalue weighted by Gasteiger charge is 2.45. The van der Waals surface area contributed by atoms with Crippen LogP contribution in [0.15, 0.2) is 24.3 Å². The Hall–Kier alpha value is -2.57. The number of carboxylic acids is 1. The zero-order valence-electron chi connectivity index (χ0n) is 14.3. The second kappa shape index (κ2) is 8.50. The Morgan fingerprint density at radius 3 is 2.56 bits per heavy atom. The molecule has 1 aliphatic carbocycles. The molecular weight excluding hydrogens is 324 g/mol. The molecule has 1 saturated carbocycles. The van der Waals surface area contributed by atoms with Crippen LogP contribution in [-0.2, 0) is 20.9 Å². The smallest absolute Gasteiger partial charge is 0.310 e. The zero-order valence-corrected chi connectivity index (χ0v) is 14.3. The standard InChI is InChI=1S/C18H24N2O5/c1-2-19-16(22)12-25-14-6-3-5-13(9-14)11-20-15(21)10-18(17(23)24)7-4-8-18/h3,5-6,9H,2,4,7-8,10-12H2,1H3,(H,19,22)(H,20,21)(H,23,24). The van der Waals surface area contributed by atoms with Gasteiger partial charge in [0.15, 0.2) is 6.61 Å². The third-order valence-corrected chi connectivity index (χ3v) is 4.40. The van der Waals surface area contributed by atoms with E-state index in [2.05, 4.69) is 10.6 Å². The van der Waals surface area contributed by atoms with Gasteiger partial charge in [0, 0.05) is 19.5 Å². The number of carbonyl (C=O) groups is 3. The van der Waals surface area contributed by atoms with E-state index >= 15 is 0 Å². The first-order valence-electron chi connectivity index (χ1n) is 8.44. The average molecular weight is 348 g/mol. The van der Waals surface area contributed by atoms with Crippen LogP contribution >= 0.6 is 0 Å². The van der Waals surface area contributed by atoms with Gasteiger partial charge >= 0.3 is 5.97 Å². The van der Waals surface area contributed by atoms with E-state index in [9.17, 15) is 19.5 Å². The molecule has 0 spiro atoms. The normalized spacial score (nSPS) is 14.9. The highest BCUT2D eigenvalue weighted by Crippen LogP contribution is 2.44. The van der Waals surface area contributed by atoms with Crippen LogP contribution in [0.5, 0.6) is 5.75 Å². The number of hydrogen-bond acceptors (Lipinski definition) is 4. The number of hydrogen-bond donors (Lipinski definition) is 3. The molecule has 25 heavy (non-hydrogen) atoms. The number of amides is 2. The van der Waals surface area contributed by atoms with Crippen molar-refractivity contribution < 1.29 is 24.2 Å². The summed E-state index contributed by atoms with van der Waals surface area (Å²) in [5.41, 5.74) is -0.0680. The SMILES string of the molecule is CCNC(=O)COc1cccc(CNC(=O)CC2(C(=O)O)CCC2)c1. The van der Waals surface area contributed by atoms with Crippen molar-refractivity contribution in [2.45, 2.75) is 39.2 Å². The molecule has 1 aliphatic rings. The van der Waals surface area contributed by atoms with Crippen molar-refractivity contribution in [3.63, 3.8) is 0 Å². The van der Waals surface area contributed by atoms with E-state index in [4.69, 9.17) is 4.74 Å². The third-order valence-electron chi connectivity index (χ3n) is 4.40. The molecule has 1 aromatic carbocycles. The van der Waals surface area contributed by atoms with Crippen molar-refractivity contribution in [2.24, 2.45) is 5.41 Å². The minimum absolute atomic E-state index is 0.00964. The molecule has 7 nitrogen and oxygen atoms in total. The van der Waals surface area contributed by atoms with E-state index in [1.54, 1.807) is 18.2 Å². The van der Waals surface area contributed by atoms with E-state index < -0.39 is 11.4 Å². The van der Waals surface area contributed by atoms with Crippen molar-refractivity contribution >= 4 is 17.8 Å². The maximum Gasteiger partial charge on any atom is 0.310 e. The first-order chi connectivity index (χ1) is 11.9. The molecular formula is C18H24N2O5. The maximum absolute atomic E-state index is 12.0. The summed E-state index contributed by atoms with van der Waals surface area (Å²) in [4.78, 5) is 34.7. The summed E-state index contributed by atoms with van der Waals surface area (Å²) in [5, 5.41) is 14.7. The largest absolute Gasteiger partial charge is 0.484 e. The zero-order chi connectivity index (χ0) is 18.3. The Labute approximate surface area is 146 Å².